The van der Waals surface area contributed by atoms with Gasteiger partial charge in [-0.05, 0) is 80.1 Å². The summed E-state index contributed by atoms with van der Waals surface area (Å²) >= 11 is 0. The molecule has 1 amide bonds. The molecule has 3 heterocycles. The molecule has 1 aliphatic heterocycles. The largest absolute Gasteiger partial charge is 0.457 e. The van der Waals surface area contributed by atoms with Gasteiger partial charge in [0.1, 0.15) is 17.3 Å². The van der Waals surface area contributed by atoms with Gasteiger partial charge in [0, 0.05) is 37.5 Å². The fourth-order valence-corrected chi connectivity index (χ4v) is 4.85. The van der Waals surface area contributed by atoms with Crippen molar-refractivity contribution in [3.63, 3.8) is 0 Å². The standard InChI is InChI=1S/C30H36N6O2/c1-20(2)22-5-4-6-23(17-22)33-30-34-26-18-24(8-9-27(26)36(30)3)38-25-13-16-32-28(19-25)35-29(37)10-7-21-11-14-31-15-12-21/h4-6,8-9,13,16-21,31H,7,10-12,14-15H2,1-3H3,(H,33,34)(H,32,35,37). The number of ether oxygens (including phenoxy) is 1. The average Bonchev–Trinajstić information content (AvgIpc) is 3.22. The number of fused-ring (bicyclic) bond motifs is 1. The highest BCUT2D eigenvalue weighted by atomic mass is 16.5. The average molecular weight is 513 g/mol. The number of pyridine rings is 1. The lowest BCUT2D eigenvalue weighted by atomic mass is 9.93. The monoisotopic (exact) mass is 512 g/mol. The number of aromatic nitrogens is 3. The van der Waals surface area contributed by atoms with Crippen LogP contribution in [0.2, 0.25) is 0 Å². The maximum atomic E-state index is 12.5. The summed E-state index contributed by atoms with van der Waals surface area (Å²) in [5, 5.41) is 9.72. The topological polar surface area (TPSA) is 93.1 Å². The van der Waals surface area contributed by atoms with Gasteiger partial charge < -0.3 is 25.3 Å². The molecule has 8 heteroatoms. The Morgan fingerprint density at radius 2 is 1.92 bits per heavy atom. The lowest BCUT2D eigenvalue weighted by Gasteiger charge is -2.22. The summed E-state index contributed by atoms with van der Waals surface area (Å²) in [6.45, 7) is 6.46. The van der Waals surface area contributed by atoms with Crippen molar-refractivity contribution < 1.29 is 9.53 Å². The first-order valence-corrected chi connectivity index (χ1v) is 13.4. The number of anilines is 3. The zero-order chi connectivity index (χ0) is 26.5. The molecule has 8 nitrogen and oxygen atoms in total. The molecule has 1 fully saturated rings. The van der Waals surface area contributed by atoms with E-state index in [0.29, 0.717) is 35.6 Å². The summed E-state index contributed by atoms with van der Waals surface area (Å²) in [6, 6.07) is 17.8. The lowest BCUT2D eigenvalue weighted by molar-refractivity contribution is -0.116. The van der Waals surface area contributed by atoms with E-state index in [9.17, 15) is 4.79 Å². The number of piperidine rings is 1. The molecule has 0 unspecified atom stereocenters. The third kappa shape index (κ3) is 6.31. The van der Waals surface area contributed by atoms with Crippen molar-refractivity contribution in [3.05, 3.63) is 66.4 Å². The van der Waals surface area contributed by atoms with Crippen LogP contribution >= 0.6 is 0 Å². The molecule has 5 rings (SSSR count). The van der Waals surface area contributed by atoms with Crippen LogP contribution in [0.3, 0.4) is 0 Å². The summed E-state index contributed by atoms with van der Waals surface area (Å²) in [4.78, 5) is 21.6. The van der Waals surface area contributed by atoms with Gasteiger partial charge in [0.2, 0.25) is 11.9 Å². The molecule has 38 heavy (non-hydrogen) atoms. The first-order chi connectivity index (χ1) is 18.4. The number of nitrogens with one attached hydrogen (secondary N) is 3. The highest BCUT2D eigenvalue weighted by Gasteiger charge is 2.15. The Labute approximate surface area is 223 Å². The molecular formula is C30H36N6O2. The molecule has 1 aliphatic rings. The van der Waals surface area contributed by atoms with Crippen molar-refractivity contribution in [1.29, 1.82) is 0 Å². The van der Waals surface area contributed by atoms with Gasteiger partial charge in [-0.1, -0.05) is 26.0 Å². The SMILES string of the molecule is CC(C)c1cccc(Nc2nc3cc(Oc4ccnc(NC(=O)CCC5CCNCC5)c4)ccc3n2C)c1. The predicted molar refractivity (Wildman–Crippen MR) is 152 cm³/mol. The van der Waals surface area contributed by atoms with Crippen LogP contribution < -0.4 is 20.7 Å². The zero-order valence-corrected chi connectivity index (χ0v) is 22.3. The molecular weight excluding hydrogens is 476 g/mol. The highest BCUT2D eigenvalue weighted by molar-refractivity contribution is 5.89. The summed E-state index contributed by atoms with van der Waals surface area (Å²) in [7, 11) is 1.99. The van der Waals surface area contributed by atoms with E-state index >= 15 is 0 Å². The number of carbonyl (C=O) groups excluding carboxylic acids is 1. The van der Waals surface area contributed by atoms with Gasteiger partial charge in [0.15, 0.2) is 0 Å². The van der Waals surface area contributed by atoms with Crippen molar-refractivity contribution in [2.75, 3.05) is 23.7 Å². The van der Waals surface area contributed by atoms with Gasteiger partial charge in [-0.15, -0.1) is 0 Å². The Hall–Kier alpha value is -3.91. The first-order valence-electron chi connectivity index (χ1n) is 13.4. The molecule has 3 N–H and O–H groups in total. The molecule has 0 saturated carbocycles. The van der Waals surface area contributed by atoms with Crippen molar-refractivity contribution in [1.82, 2.24) is 19.9 Å². The third-order valence-corrected chi connectivity index (χ3v) is 7.13. The van der Waals surface area contributed by atoms with Gasteiger partial charge in [0.25, 0.3) is 0 Å². The molecule has 0 bridgehead atoms. The predicted octanol–water partition coefficient (Wildman–Crippen LogP) is 6.35. The maximum absolute atomic E-state index is 12.5. The van der Waals surface area contributed by atoms with E-state index in [4.69, 9.17) is 9.72 Å². The van der Waals surface area contributed by atoms with Gasteiger partial charge in [-0.25, -0.2) is 9.97 Å². The van der Waals surface area contributed by atoms with Crippen LogP contribution in [0.25, 0.3) is 11.0 Å². The highest BCUT2D eigenvalue weighted by Crippen LogP contribution is 2.29. The number of rotatable bonds is 9. The molecule has 4 aromatic rings. The van der Waals surface area contributed by atoms with E-state index < -0.39 is 0 Å². The maximum Gasteiger partial charge on any atom is 0.225 e. The molecule has 0 aliphatic carbocycles. The second-order valence-corrected chi connectivity index (χ2v) is 10.3. The third-order valence-electron chi connectivity index (χ3n) is 7.13. The van der Waals surface area contributed by atoms with E-state index in [0.717, 1.165) is 55.0 Å². The molecule has 1 saturated heterocycles. The molecule has 2 aromatic heterocycles. The van der Waals surface area contributed by atoms with Crippen LogP contribution in [0, 0.1) is 5.92 Å². The fraction of sp³-hybridized carbons (Fsp3) is 0.367. The van der Waals surface area contributed by atoms with E-state index in [1.807, 2.05) is 35.9 Å². The quantitative estimate of drug-likeness (QED) is 0.242. The normalized spacial score (nSPS) is 14.1. The summed E-state index contributed by atoms with van der Waals surface area (Å²) < 4.78 is 8.14. The lowest BCUT2D eigenvalue weighted by Crippen LogP contribution is -2.28. The van der Waals surface area contributed by atoms with E-state index in [1.54, 1.807) is 18.3 Å². The zero-order valence-electron chi connectivity index (χ0n) is 22.3. The Morgan fingerprint density at radius 3 is 2.74 bits per heavy atom. The minimum Gasteiger partial charge on any atom is -0.457 e. The molecule has 0 radical (unpaired) electrons. The minimum absolute atomic E-state index is 0.0120. The number of hydrogen-bond donors (Lipinski definition) is 3. The minimum atomic E-state index is -0.0120. The second kappa shape index (κ2) is 11.6. The Kier molecular flexibility index (Phi) is 7.89. The van der Waals surface area contributed by atoms with Crippen LogP contribution in [-0.4, -0.2) is 33.5 Å². The van der Waals surface area contributed by atoms with Gasteiger partial charge in [-0.3, -0.25) is 4.79 Å². The Morgan fingerprint density at radius 1 is 1.11 bits per heavy atom. The van der Waals surface area contributed by atoms with Crippen molar-refractivity contribution >= 4 is 34.4 Å². The number of nitrogens with zero attached hydrogens (tertiary/aromatic N) is 3. The molecule has 198 valence electrons. The van der Waals surface area contributed by atoms with E-state index in [1.165, 1.54) is 5.56 Å². The number of aryl methyl sites for hydroxylation is 1. The van der Waals surface area contributed by atoms with Gasteiger partial charge in [0.05, 0.1) is 11.0 Å². The Bertz CT molecular complexity index is 1410. The van der Waals surface area contributed by atoms with Gasteiger partial charge in [-0.2, -0.15) is 0 Å². The summed E-state index contributed by atoms with van der Waals surface area (Å²) in [5.41, 5.74) is 4.11. The van der Waals surface area contributed by atoms with E-state index in [2.05, 4.69) is 53.0 Å². The molecule has 2 aromatic carbocycles. The van der Waals surface area contributed by atoms with Crippen LogP contribution in [-0.2, 0) is 11.8 Å². The fourth-order valence-electron chi connectivity index (χ4n) is 4.85. The molecule has 0 atom stereocenters. The van der Waals surface area contributed by atoms with Crippen molar-refractivity contribution in [3.8, 4) is 11.5 Å². The molecule has 0 spiro atoms. The first kappa shape index (κ1) is 25.7. The number of benzene rings is 2. The van der Waals surface area contributed by atoms with Crippen molar-refractivity contribution in [2.24, 2.45) is 13.0 Å². The number of imidazole rings is 1. The smallest absolute Gasteiger partial charge is 0.225 e. The summed E-state index contributed by atoms with van der Waals surface area (Å²) in [6.07, 6.45) is 5.33. The Balaban J connectivity index is 1.24. The van der Waals surface area contributed by atoms with Crippen LogP contribution in [0.15, 0.2) is 60.8 Å². The van der Waals surface area contributed by atoms with Gasteiger partial charge >= 0.3 is 0 Å². The van der Waals surface area contributed by atoms with E-state index in [-0.39, 0.29) is 5.91 Å². The van der Waals surface area contributed by atoms with Crippen LogP contribution in [0.5, 0.6) is 11.5 Å². The number of hydrogen-bond acceptors (Lipinski definition) is 6. The van der Waals surface area contributed by atoms with Crippen molar-refractivity contribution in [2.45, 2.75) is 45.4 Å². The number of amides is 1. The number of carbonyl (C=O) groups is 1. The van der Waals surface area contributed by atoms with Crippen LogP contribution in [0.4, 0.5) is 17.5 Å². The second-order valence-electron chi connectivity index (χ2n) is 10.3. The summed E-state index contributed by atoms with van der Waals surface area (Å²) in [5.74, 6) is 3.58. The van der Waals surface area contributed by atoms with Crippen LogP contribution in [0.1, 0.15) is 51.0 Å².